The molecule has 3 heterocycles. The fraction of sp³-hybridized carbons (Fsp3) is 0.389. The summed E-state index contributed by atoms with van der Waals surface area (Å²) in [6, 6.07) is 7.52. The maximum absolute atomic E-state index is 12.4. The van der Waals surface area contributed by atoms with Gasteiger partial charge in [0.25, 0.3) is 5.91 Å². The van der Waals surface area contributed by atoms with Crippen LogP contribution in [0.4, 0.5) is 0 Å². The normalized spacial score (nSPS) is 15.2. The summed E-state index contributed by atoms with van der Waals surface area (Å²) in [5, 5.41) is 5.00. The van der Waals surface area contributed by atoms with E-state index in [1.807, 2.05) is 22.4 Å². The minimum Gasteiger partial charge on any atom is -0.356 e. The van der Waals surface area contributed by atoms with Gasteiger partial charge in [-0.1, -0.05) is 6.07 Å². The predicted octanol–water partition coefficient (Wildman–Crippen LogP) is 2.35. The maximum Gasteiger partial charge on any atom is 0.255 e. The van der Waals surface area contributed by atoms with Gasteiger partial charge < -0.3 is 10.2 Å². The molecule has 1 N–H and O–H groups in total. The van der Waals surface area contributed by atoms with Gasteiger partial charge in [0.05, 0.1) is 12.0 Å². The van der Waals surface area contributed by atoms with Crippen LogP contribution < -0.4 is 5.32 Å². The van der Waals surface area contributed by atoms with Crippen molar-refractivity contribution in [3.05, 3.63) is 52.5 Å². The number of hydrogen-bond acceptors (Lipinski definition) is 4. The second kappa shape index (κ2) is 8.06. The Labute approximate surface area is 145 Å². The van der Waals surface area contributed by atoms with Crippen molar-refractivity contribution >= 4 is 23.2 Å². The first kappa shape index (κ1) is 16.6. The topological polar surface area (TPSA) is 62.3 Å². The van der Waals surface area contributed by atoms with Gasteiger partial charge in [-0.05, 0) is 42.3 Å². The van der Waals surface area contributed by atoms with E-state index in [4.69, 9.17) is 0 Å². The van der Waals surface area contributed by atoms with Crippen LogP contribution in [0.25, 0.3) is 0 Å². The van der Waals surface area contributed by atoms with E-state index in [1.165, 1.54) is 0 Å². The van der Waals surface area contributed by atoms with Crippen molar-refractivity contribution in [1.82, 2.24) is 15.2 Å². The molecule has 0 atom stereocenters. The van der Waals surface area contributed by atoms with Gasteiger partial charge in [0.1, 0.15) is 0 Å². The number of carbonyl (C=O) groups is 2. The first-order valence-corrected chi connectivity index (χ1v) is 9.08. The van der Waals surface area contributed by atoms with E-state index >= 15 is 0 Å². The van der Waals surface area contributed by atoms with Crippen LogP contribution in [0.15, 0.2) is 42.0 Å². The monoisotopic (exact) mass is 343 g/mol. The zero-order valence-corrected chi connectivity index (χ0v) is 14.3. The summed E-state index contributed by atoms with van der Waals surface area (Å²) in [6.07, 6.45) is 5.58. The van der Waals surface area contributed by atoms with Gasteiger partial charge in [-0.2, -0.15) is 0 Å². The molecule has 126 valence electrons. The highest BCUT2D eigenvalue weighted by molar-refractivity contribution is 7.10. The molecule has 0 spiro atoms. The average Bonchev–Trinajstić information content (AvgIpc) is 3.13. The molecule has 0 aromatic carbocycles. The van der Waals surface area contributed by atoms with E-state index < -0.39 is 0 Å². The highest BCUT2D eigenvalue weighted by Crippen LogP contribution is 2.18. The molecule has 1 aliphatic rings. The van der Waals surface area contributed by atoms with Crippen molar-refractivity contribution in [2.45, 2.75) is 19.3 Å². The Morgan fingerprint density at radius 1 is 1.25 bits per heavy atom. The molecule has 1 fully saturated rings. The highest BCUT2D eigenvalue weighted by atomic mass is 32.1. The lowest BCUT2D eigenvalue weighted by molar-refractivity contribution is -0.120. The Morgan fingerprint density at radius 3 is 2.75 bits per heavy atom. The summed E-state index contributed by atoms with van der Waals surface area (Å²) < 4.78 is 0. The molecule has 2 aromatic heterocycles. The number of rotatable bonds is 5. The molecule has 0 radical (unpaired) electrons. The van der Waals surface area contributed by atoms with E-state index in [9.17, 15) is 9.59 Å². The Bertz CT molecular complexity index is 665. The molecule has 3 rings (SSSR count). The minimum atomic E-state index is 0.0447. The number of thiophene rings is 1. The summed E-state index contributed by atoms with van der Waals surface area (Å²) in [5.41, 5.74) is 0.639. The van der Waals surface area contributed by atoms with Crippen LogP contribution in [0, 0.1) is 5.92 Å². The molecule has 2 amide bonds. The molecule has 5 nitrogen and oxygen atoms in total. The van der Waals surface area contributed by atoms with E-state index in [0.29, 0.717) is 24.4 Å². The van der Waals surface area contributed by atoms with Crippen LogP contribution in [-0.4, -0.2) is 41.3 Å². The lowest BCUT2D eigenvalue weighted by Crippen LogP contribution is -2.41. The van der Waals surface area contributed by atoms with E-state index in [1.54, 1.807) is 35.9 Å². The number of aromatic nitrogens is 1. The zero-order valence-electron chi connectivity index (χ0n) is 13.5. The Balaban J connectivity index is 1.40. The van der Waals surface area contributed by atoms with E-state index in [-0.39, 0.29) is 11.8 Å². The quantitative estimate of drug-likeness (QED) is 0.906. The highest BCUT2D eigenvalue weighted by Gasteiger charge is 2.24. The smallest absolute Gasteiger partial charge is 0.255 e. The second-order valence-electron chi connectivity index (χ2n) is 6.04. The Kier molecular flexibility index (Phi) is 5.59. The summed E-state index contributed by atoms with van der Waals surface area (Å²) in [6.45, 7) is 2.16. The van der Waals surface area contributed by atoms with Gasteiger partial charge in [-0.3, -0.25) is 14.6 Å². The molecule has 24 heavy (non-hydrogen) atoms. The molecule has 6 heteroatoms. The van der Waals surface area contributed by atoms with Gasteiger partial charge in [0.2, 0.25) is 5.91 Å². The maximum atomic E-state index is 12.4. The van der Waals surface area contributed by atoms with Crippen molar-refractivity contribution in [3.8, 4) is 0 Å². The molecule has 0 saturated carbocycles. The van der Waals surface area contributed by atoms with Crippen LogP contribution >= 0.6 is 11.3 Å². The lowest BCUT2D eigenvalue weighted by atomic mass is 9.96. The summed E-state index contributed by atoms with van der Waals surface area (Å²) in [7, 11) is 0. The minimum absolute atomic E-state index is 0.0447. The average molecular weight is 343 g/mol. The van der Waals surface area contributed by atoms with Crippen LogP contribution in [0.1, 0.15) is 28.1 Å². The van der Waals surface area contributed by atoms with Gasteiger partial charge in [0, 0.05) is 36.9 Å². The molecule has 0 unspecified atom stereocenters. The Hall–Kier alpha value is -2.21. The summed E-state index contributed by atoms with van der Waals surface area (Å²) in [4.78, 5) is 31.3. The molecular formula is C18H21N3O2S. The third kappa shape index (κ3) is 4.41. The molecule has 2 aromatic rings. The number of carbonyl (C=O) groups excluding carboxylic acids is 2. The fourth-order valence-corrected chi connectivity index (χ4v) is 3.61. The fourth-order valence-electron chi connectivity index (χ4n) is 2.90. The first-order valence-electron chi connectivity index (χ1n) is 8.21. The number of hydrogen-bond donors (Lipinski definition) is 1. The molecular weight excluding hydrogens is 322 g/mol. The van der Waals surface area contributed by atoms with E-state index in [2.05, 4.69) is 10.3 Å². The van der Waals surface area contributed by atoms with Crippen LogP contribution in [0.2, 0.25) is 0 Å². The van der Waals surface area contributed by atoms with Crippen molar-refractivity contribution in [3.63, 3.8) is 0 Å². The predicted molar refractivity (Wildman–Crippen MR) is 93.9 cm³/mol. The van der Waals surface area contributed by atoms with Crippen molar-refractivity contribution in [2.24, 2.45) is 5.92 Å². The summed E-state index contributed by atoms with van der Waals surface area (Å²) >= 11 is 1.60. The van der Waals surface area contributed by atoms with Gasteiger partial charge >= 0.3 is 0 Å². The molecule has 1 aliphatic heterocycles. The van der Waals surface area contributed by atoms with Crippen LogP contribution in [-0.2, 0) is 11.2 Å². The number of piperidine rings is 1. The molecule has 1 saturated heterocycles. The SMILES string of the molecule is O=C(Cc1cccs1)NCC1CCN(C(=O)c2cccnc2)CC1. The molecule has 0 bridgehead atoms. The van der Waals surface area contributed by atoms with Crippen LogP contribution in [0.5, 0.6) is 0 Å². The standard InChI is InChI=1S/C18H21N3O2S/c22-17(11-16-4-2-10-24-16)20-12-14-5-8-21(9-6-14)18(23)15-3-1-7-19-13-15/h1-4,7,10,13-14H,5-6,8-9,11-12H2,(H,20,22). The van der Waals surface area contributed by atoms with Crippen molar-refractivity contribution in [1.29, 1.82) is 0 Å². The van der Waals surface area contributed by atoms with Crippen molar-refractivity contribution < 1.29 is 9.59 Å². The largest absolute Gasteiger partial charge is 0.356 e. The zero-order chi connectivity index (χ0) is 16.8. The second-order valence-corrected chi connectivity index (χ2v) is 7.07. The number of amides is 2. The number of nitrogens with one attached hydrogen (secondary N) is 1. The third-order valence-electron chi connectivity index (χ3n) is 4.31. The van der Waals surface area contributed by atoms with Crippen LogP contribution in [0.3, 0.4) is 0 Å². The van der Waals surface area contributed by atoms with Gasteiger partial charge in [-0.25, -0.2) is 0 Å². The lowest BCUT2D eigenvalue weighted by Gasteiger charge is -2.32. The first-order chi connectivity index (χ1) is 11.7. The van der Waals surface area contributed by atoms with E-state index in [0.717, 1.165) is 30.8 Å². The number of nitrogens with zero attached hydrogens (tertiary/aromatic N) is 2. The van der Waals surface area contributed by atoms with Gasteiger partial charge in [-0.15, -0.1) is 11.3 Å². The van der Waals surface area contributed by atoms with Crippen molar-refractivity contribution in [2.75, 3.05) is 19.6 Å². The number of pyridine rings is 1. The number of likely N-dealkylation sites (tertiary alicyclic amines) is 1. The Morgan fingerprint density at radius 2 is 2.08 bits per heavy atom. The molecule has 0 aliphatic carbocycles. The summed E-state index contributed by atoms with van der Waals surface area (Å²) in [5.74, 6) is 0.560. The van der Waals surface area contributed by atoms with Gasteiger partial charge in [0.15, 0.2) is 0 Å². The third-order valence-corrected chi connectivity index (χ3v) is 5.19.